The van der Waals surface area contributed by atoms with Gasteiger partial charge in [-0.2, -0.15) is 0 Å². The number of carbonyl (C=O) groups excluding carboxylic acids is 2. The molecular weight excluding hydrogens is 210 g/mol. The zero-order chi connectivity index (χ0) is 12.6. The van der Waals surface area contributed by atoms with E-state index in [1.807, 2.05) is 6.92 Å². The van der Waals surface area contributed by atoms with Crippen LogP contribution in [0.25, 0.3) is 0 Å². The minimum Gasteiger partial charge on any atom is -0.481 e. The van der Waals surface area contributed by atoms with Crippen molar-refractivity contribution in [1.82, 2.24) is 5.32 Å². The largest absolute Gasteiger partial charge is 0.481 e. The number of hydrogen-bond donors (Lipinski definition) is 2. The molecule has 2 N–H and O–H groups in total. The van der Waals surface area contributed by atoms with Crippen molar-refractivity contribution in [2.24, 2.45) is 5.92 Å². The van der Waals surface area contributed by atoms with Crippen molar-refractivity contribution < 1.29 is 19.5 Å². The minimum absolute atomic E-state index is 0.184. The number of hydrogen-bond acceptors (Lipinski definition) is 3. The van der Waals surface area contributed by atoms with Gasteiger partial charge in [-0.25, -0.2) is 0 Å². The molecule has 5 heteroatoms. The number of carbonyl (C=O) groups is 3. The third-order valence-electron chi connectivity index (χ3n) is 2.32. The Labute approximate surface area is 95.2 Å². The van der Waals surface area contributed by atoms with Crippen LogP contribution in [-0.2, 0) is 14.4 Å². The maximum Gasteiger partial charge on any atom is 0.305 e. The third kappa shape index (κ3) is 6.16. The van der Waals surface area contributed by atoms with Crippen LogP contribution in [0.1, 0.15) is 39.5 Å². The van der Waals surface area contributed by atoms with E-state index >= 15 is 0 Å². The second-order valence-corrected chi connectivity index (χ2v) is 3.89. The second-order valence-electron chi connectivity index (χ2n) is 3.89. The maximum absolute atomic E-state index is 11.5. The van der Waals surface area contributed by atoms with Crippen molar-refractivity contribution in [3.63, 3.8) is 0 Å². The molecule has 0 aliphatic carbocycles. The lowest BCUT2D eigenvalue weighted by Gasteiger charge is -2.15. The van der Waals surface area contributed by atoms with Crippen LogP contribution in [0.2, 0.25) is 0 Å². The molecule has 0 unspecified atom stereocenters. The molecule has 0 radical (unpaired) electrons. The fourth-order valence-corrected chi connectivity index (χ4v) is 1.29. The standard InChI is InChI=1S/C11H19NO4/c1-3-4-5-8(2)11(16)12-9(7-13)6-10(14)15/h7-9H,3-6H2,1-2H3,(H,12,16)(H,14,15)/t8-,9-/m0/s1. The van der Waals surface area contributed by atoms with Gasteiger partial charge in [0, 0.05) is 5.92 Å². The Morgan fingerprint density at radius 1 is 1.44 bits per heavy atom. The Morgan fingerprint density at radius 2 is 2.06 bits per heavy atom. The minimum atomic E-state index is -1.10. The molecule has 0 bridgehead atoms. The number of rotatable bonds is 8. The van der Waals surface area contributed by atoms with Gasteiger partial charge in [-0.3, -0.25) is 9.59 Å². The van der Waals surface area contributed by atoms with Crippen LogP contribution in [0, 0.1) is 5.92 Å². The van der Waals surface area contributed by atoms with Gasteiger partial charge in [-0.05, 0) is 6.42 Å². The topological polar surface area (TPSA) is 83.5 Å². The average Bonchev–Trinajstić information content (AvgIpc) is 2.23. The summed E-state index contributed by atoms with van der Waals surface area (Å²) in [7, 11) is 0. The number of aldehydes is 1. The molecule has 0 spiro atoms. The van der Waals surface area contributed by atoms with Crippen molar-refractivity contribution >= 4 is 18.2 Å². The number of aliphatic carboxylic acids is 1. The summed E-state index contributed by atoms with van der Waals surface area (Å²) in [5.74, 6) is -1.54. The lowest BCUT2D eigenvalue weighted by Crippen LogP contribution is -2.40. The summed E-state index contributed by atoms with van der Waals surface area (Å²) in [5.41, 5.74) is 0. The lowest BCUT2D eigenvalue weighted by atomic mass is 10.0. The van der Waals surface area contributed by atoms with Crippen LogP contribution < -0.4 is 5.32 Å². The Kier molecular flexibility index (Phi) is 7.16. The Morgan fingerprint density at radius 3 is 2.50 bits per heavy atom. The normalized spacial score (nSPS) is 13.9. The Balaban J connectivity index is 4.08. The number of unbranched alkanes of at least 4 members (excludes halogenated alkanes) is 1. The SMILES string of the molecule is CCCC[C@H](C)C(=O)N[C@H](C=O)CC(=O)O. The highest BCUT2D eigenvalue weighted by molar-refractivity contribution is 5.83. The molecule has 0 aromatic carbocycles. The van der Waals surface area contributed by atoms with E-state index in [4.69, 9.17) is 5.11 Å². The number of amides is 1. The van der Waals surface area contributed by atoms with Crippen molar-refractivity contribution in [2.75, 3.05) is 0 Å². The van der Waals surface area contributed by atoms with Gasteiger partial charge >= 0.3 is 5.97 Å². The summed E-state index contributed by atoms with van der Waals surface area (Å²) in [6, 6.07) is -0.922. The summed E-state index contributed by atoms with van der Waals surface area (Å²) in [5, 5.41) is 10.9. The molecule has 0 aromatic heterocycles. The molecule has 0 rings (SSSR count). The van der Waals surface area contributed by atoms with Crippen molar-refractivity contribution in [3.05, 3.63) is 0 Å². The van der Waals surface area contributed by atoms with Crippen LogP contribution in [0.5, 0.6) is 0 Å². The molecule has 0 heterocycles. The van der Waals surface area contributed by atoms with Crippen molar-refractivity contribution in [1.29, 1.82) is 0 Å². The molecular formula is C11H19NO4. The van der Waals surface area contributed by atoms with E-state index < -0.39 is 12.0 Å². The maximum atomic E-state index is 11.5. The quantitative estimate of drug-likeness (QED) is 0.607. The van der Waals surface area contributed by atoms with Crippen LogP contribution in [0.4, 0.5) is 0 Å². The van der Waals surface area contributed by atoms with Gasteiger partial charge < -0.3 is 15.2 Å². The molecule has 0 aromatic rings. The highest BCUT2D eigenvalue weighted by atomic mass is 16.4. The molecule has 0 fully saturated rings. The van der Waals surface area contributed by atoms with Crippen LogP contribution >= 0.6 is 0 Å². The summed E-state index contributed by atoms with van der Waals surface area (Å²) >= 11 is 0. The zero-order valence-electron chi connectivity index (χ0n) is 9.73. The first-order valence-corrected chi connectivity index (χ1v) is 5.48. The average molecular weight is 229 g/mol. The zero-order valence-corrected chi connectivity index (χ0v) is 9.73. The number of carboxylic acid groups (broad SMARTS) is 1. The van der Waals surface area contributed by atoms with E-state index in [-0.39, 0.29) is 18.2 Å². The van der Waals surface area contributed by atoms with Crippen LogP contribution in [0.3, 0.4) is 0 Å². The number of carboxylic acids is 1. The highest BCUT2D eigenvalue weighted by Gasteiger charge is 2.18. The number of nitrogens with one attached hydrogen (secondary N) is 1. The Bertz CT molecular complexity index is 252. The first-order valence-electron chi connectivity index (χ1n) is 5.48. The monoisotopic (exact) mass is 229 g/mol. The van der Waals surface area contributed by atoms with Gasteiger partial charge in [0.1, 0.15) is 6.29 Å². The smallest absolute Gasteiger partial charge is 0.305 e. The highest BCUT2D eigenvalue weighted by Crippen LogP contribution is 2.07. The molecule has 16 heavy (non-hydrogen) atoms. The van der Waals surface area contributed by atoms with E-state index in [1.54, 1.807) is 6.92 Å². The van der Waals surface area contributed by atoms with E-state index in [1.165, 1.54) is 0 Å². The van der Waals surface area contributed by atoms with Crippen molar-refractivity contribution in [3.8, 4) is 0 Å². The van der Waals surface area contributed by atoms with Crippen LogP contribution in [-0.4, -0.2) is 29.3 Å². The second kappa shape index (κ2) is 7.84. The lowest BCUT2D eigenvalue weighted by molar-refractivity contribution is -0.139. The van der Waals surface area contributed by atoms with Gasteiger partial charge in [0.15, 0.2) is 0 Å². The molecule has 0 aliphatic rings. The molecule has 2 atom stereocenters. The van der Waals surface area contributed by atoms with Crippen molar-refractivity contribution in [2.45, 2.75) is 45.6 Å². The van der Waals surface area contributed by atoms with Gasteiger partial charge in [-0.1, -0.05) is 26.7 Å². The molecule has 92 valence electrons. The molecule has 0 saturated heterocycles. The first kappa shape index (κ1) is 14.6. The summed E-state index contributed by atoms with van der Waals surface area (Å²) in [6.07, 6.45) is 2.79. The predicted molar refractivity (Wildman–Crippen MR) is 58.9 cm³/mol. The fraction of sp³-hybridized carbons (Fsp3) is 0.727. The Hall–Kier alpha value is -1.39. The van der Waals surface area contributed by atoms with Gasteiger partial charge in [0.25, 0.3) is 0 Å². The van der Waals surface area contributed by atoms with Gasteiger partial charge in [-0.15, -0.1) is 0 Å². The predicted octanol–water partition coefficient (Wildman–Crippen LogP) is 0.971. The third-order valence-corrected chi connectivity index (χ3v) is 2.32. The first-order chi connectivity index (χ1) is 7.51. The molecule has 0 aliphatic heterocycles. The van der Waals surface area contributed by atoms with E-state index in [0.717, 1.165) is 19.3 Å². The summed E-state index contributed by atoms with van der Waals surface area (Å²) in [6.45, 7) is 3.80. The van der Waals surface area contributed by atoms with E-state index in [0.29, 0.717) is 6.29 Å². The molecule has 0 saturated carbocycles. The molecule has 5 nitrogen and oxygen atoms in total. The fourth-order valence-electron chi connectivity index (χ4n) is 1.29. The van der Waals surface area contributed by atoms with E-state index in [9.17, 15) is 14.4 Å². The molecule has 1 amide bonds. The van der Waals surface area contributed by atoms with E-state index in [2.05, 4.69) is 5.32 Å². The summed E-state index contributed by atoms with van der Waals surface area (Å²) in [4.78, 5) is 32.5. The van der Waals surface area contributed by atoms with Gasteiger partial charge in [0.2, 0.25) is 5.91 Å². The van der Waals surface area contributed by atoms with Gasteiger partial charge in [0.05, 0.1) is 12.5 Å². The van der Waals surface area contributed by atoms with Crippen LogP contribution in [0.15, 0.2) is 0 Å². The summed E-state index contributed by atoms with van der Waals surface area (Å²) < 4.78 is 0.